The molecule has 0 radical (unpaired) electrons. The van der Waals surface area contributed by atoms with E-state index in [2.05, 4.69) is 19.0 Å². The Labute approximate surface area is 119 Å². The molecule has 0 saturated carbocycles. The third-order valence-corrected chi connectivity index (χ3v) is 4.00. The number of benzene rings is 1. The average Bonchev–Trinajstić information content (AvgIpc) is 2.41. The molecule has 1 unspecified atom stereocenters. The third kappa shape index (κ3) is 3.19. The van der Waals surface area contributed by atoms with Crippen molar-refractivity contribution < 1.29 is 4.79 Å². The molecule has 2 N–H and O–H groups in total. The van der Waals surface area contributed by atoms with Crippen LogP contribution in [0.15, 0.2) is 18.2 Å². The molecule has 0 aliphatic carbocycles. The van der Waals surface area contributed by atoms with E-state index in [-0.39, 0.29) is 5.91 Å². The van der Waals surface area contributed by atoms with Crippen LogP contribution in [0.1, 0.15) is 23.2 Å². The van der Waals surface area contributed by atoms with Gasteiger partial charge < -0.3 is 15.5 Å². The molecule has 1 aromatic rings. The second-order valence-corrected chi connectivity index (χ2v) is 5.65. The van der Waals surface area contributed by atoms with Crippen LogP contribution in [-0.4, -0.2) is 48.9 Å². The first-order valence-corrected chi connectivity index (χ1v) is 6.87. The molecule has 1 fully saturated rings. The topological polar surface area (TPSA) is 49.6 Å². The van der Waals surface area contributed by atoms with Gasteiger partial charge in [0.1, 0.15) is 0 Å². The van der Waals surface area contributed by atoms with Crippen molar-refractivity contribution >= 4 is 23.2 Å². The maximum atomic E-state index is 12.4. The second-order valence-electron chi connectivity index (χ2n) is 5.25. The lowest BCUT2D eigenvalue weighted by atomic mass is 10.0. The molecule has 1 aliphatic rings. The number of amides is 1. The quantitative estimate of drug-likeness (QED) is 0.845. The number of nitrogens with zero attached hydrogens (tertiary/aromatic N) is 2. The summed E-state index contributed by atoms with van der Waals surface area (Å²) in [6.07, 6.45) is 2.18. The highest BCUT2D eigenvalue weighted by Crippen LogP contribution is 2.22. The average molecular weight is 282 g/mol. The van der Waals surface area contributed by atoms with Crippen LogP contribution in [0.25, 0.3) is 0 Å². The molecule has 1 aromatic carbocycles. The van der Waals surface area contributed by atoms with E-state index >= 15 is 0 Å². The minimum Gasteiger partial charge on any atom is -0.398 e. The van der Waals surface area contributed by atoms with Crippen molar-refractivity contribution in [2.45, 2.75) is 18.9 Å². The van der Waals surface area contributed by atoms with Crippen molar-refractivity contribution in [2.75, 3.05) is 32.9 Å². The van der Waals surface area contributed by atoms with Gasteiger partial charge in [0.15, 0.2) is 0 Å². The summed E-state index contributed by atoms with van der Waals surface area (Å²) in [6, 6.07) is 5.50. The lowest BCUT2D eigenvalue weighted by Crippen LogP contribution is -2.47. The number of likely N-dealkylation sites (N-methyl/N-ethyl adjacent to an activating group) is 1. The number of rotatable bonds is 2. The molecule has 4 nitrogen and oxygen atoms in total. The third-order valence-electron chi connectivity index (χ3n) is 3.66. The molecule has 19 heavy (non-hydrogen) atoms. The van der Waals surface area contributed by atoms with Crippen molar-refractivity contribution in [1.82, 2.24) is 9.80 Å². The Morgan fingerprint density at radius 1 is 1.47 bits per heavy atom. The van der Waals surface area contributed by atoms with Gasteiger partial charge in [0.2, 0.25) is 0 Å². The molecular formula is C14H20ClN3O. The van der Waals surface area contributed by atoms with Crippen LogP contribution in [-0.2, 0) is 0 Å². The molecule has 1 amide bonds. The van der Waals surface area contributed by atoms with Crippen LogP contribution in [0.4, 0.5) is 5.69 Å². The van der Waals surface area contributed by atoms with Crippen LogP contribution >= 0.6 is 11.6 Å². The zero-order chi connectivity index (χ0) is 14.0. The van der Waals surface area contributed by atoms with Gasteiger partial charge in [-0.25, -0.2) is 0 Å². The minimum absolute atomic E-state index is 0.0370. The highest BCUT2D eigenvalue weighted by Gasteiger charge is 2.25. The standard InChI is InChI=1S/C14H20ClN3O/c1-17(2)11-4-3-7-18(9-11)14(19)10-5-6-12(15)13(16)8-10/h5-6,8,11H,3-4,7,9,16H2,1-2H3. The molecule has 104 valence electrons. The van der Waals surface area contributed by atoms with E-state index in [1.54, 1.807) is 18.2 Å². The molecule has 1 aliphatic heterocycles. The van der Waals surface area contributed by atoms with E-state index in [1.165, 1.54) is 0 Å². The van der Waals surface area contributed by atoms with E-state index in [0.717, 1.165) is 25.9 Å². The van der Waals surface area contributed by atoms with Crippen LogP contribution in [0.5, 0.6) is 0 Å². The predicted molar refractivity (Wildman–Crippen MR) is 78.5 cm³/mol. The largest absolute Gasteiger partial charge is 0.398 e. The zero-order valence-corrected chi connectivity index (χ0v) is 12.2. The number of hydrogen-bond acceptors (Lipinski definition) is 3. The van der Waals surface area contributed by atoms with Crippen LogP contribution < -0.4 is 5.73 Å². The first kappa shape index (κ1) is 14.2. The summed E-state index contributed by atoms with van der Waals surface area (Å²) in [6.45, 7) is 1.58. The van der Waals surface area contributed by atoms with Gasteiger partial charge in [0.05, 0.1) is 10.7 Å². The van der Waals surface area contributed by atoms with Crippen molar-refractivity contribution in [3.63, 3.8) is 0 Å². The molecule has 1 saturated heterocycles. The van der Waals surface area contributed by atoms with Gasteiger partial charge in [0.25, 0.3) is 5.91 Å². The van der Waals surface area contributed by atoms with Gasteiger partial charge in [0, 0.05) is 24.7 Å². The normalized spacial score (nSPS) is 19.8. The van der Waals surface area contributed by atoms with E-state index in [4.69, 9.17) is 17.3 Å². The number of likely N-dealkylation sites (tertiary alicyclic amines) is 1. The number of piperidine rings is 1. The van der Waals surface area contributed by atoms with Gasteiger partial charge in [-0.1, -0.05) is 11.6 Å². The van der Waals surface area contributed by atoms with Gasteiger partial charge in [-0.05, 0) is 45.1 Å². The Morgan fingerprint density at radius 2 is 2.21 bits per heavy atom. The van der Waals surface area contributed by atoms with E-state index < -0.39 is 0 Å². The summed E-state index contributed by atoms with van der Waals surface area (Å²) in [4.78, 5) is 16.5. The van der Waals surface area contributed by atoms with E-state index in [0.29, 0.717) is 22.3 Å². The summed E-state index contributed by atoms with van der Waals surface area (Å²) in [5.41, 5.74) is 6.82. The van der Waals surface area contributed by atoms with Crippen LogP contribution in [0.3, 0.4) is 0 Å². The number of nitrogens with two attached hydrogens (primary N) is 1. The SMILES string of the molecule is CN(C)C1CCCN(C(=O)c2ccc(Cl)c(N)c2)C1. The molecule has 0 aromatic heterocycles. The zero-order valence-electron chi connectivity index (χ0n) is 11.4. The number of halogens is 1. The Balaban J connectivity index is 2.12. The second kappa shape index (κ2) is 5.80. The molecular weight excluding hydrogens is 262 g/mol. The Kier molecular flexibility index (Phi) is 4.32. The molecule has 2 rings (SSSR count). The predicted octanol–water partition coefficient (Wildman–Crippen LogP) is 2.09. The van der Waals surface area contributed by atoms with Crippen LogP contribution in [0.2, 0.25) is 5.02 Å². The van der Waals surface area contributed by atoms with E-state index in [1.807, 2.05) is 4.90 Å². The molecule has 0 bridgehead atoms. The molecule has 1 heterocycles. The Bertz CT molecular complexity index is 476. The molecule has 1 atom stereocenters. The summed E-state index contributed by atoms with van der Waals surface area (Å²) < 4.78 is 0. The first-order valence-electron chi connectivity index (χ1n) is 6.50. The highest BCUT2D eigenvalue weighted by atomic mass is 35.5. The van der Waals surface area contributed by atoms with Crippen LogP contribution in [0, 0.1) is 0 Å². The number of nitrogen functional groups attached to an aromatic ring is 1. The van der Waals surface area contributed by atoms with Crippen molar-refractivity contribution in [3.8, 4) is 0 Å². The number of anilines is 1. The number of carbonyl (C=O) groups is 1. The number of hydrogen-bond donors (Lipinski definition) is 1. The van der Waals surface area contributed by atoms with Crippen molar-refractivity contribution in [1.29, 1.82) is 0 Å². The maximum absolute atomic E-state index is 12.4. The Morgan fingerprint density at radius 3 is 2.84 bits per heavy atom. The van der Waals surface area contributed by atoms with Gasteiger partial charge in [-0.15, -0.1) is 0 Å². The summed E-state index contributed by atoms with van der Waals surface area (Å²) in [7, 11) is 4.11. The fraction of sp³-hybridized carbons (Fsp3) is 0.500. The molecule has 5 heteroatoms. The minimum atomic E-state index is 0.0370. The van der Waals surface area contributed by atoms with Crippen molar-refractivity contribution in [3.05, 3.63) is 28.8 Å². The van der Waals surface area contributed by atoms with Gasteiger partial charge >= 0.3 is 0 Å². The first-order chi connectivity index (χ1) is 8.99. The monoisotopic (exact) mass is 281 g/mol. The van der Waals surface area contributed by atoms with Gasteiger partial charge in [-0.3, -0.25) is 4.79 Å². The van der Waals surface area contributed by atoms with Gasteiger partial charge in [-0.2, -0.15) is 0 Å². The smallest absolute Gasteiger partial charge is 0.253 e. The summed E-state index contributed by atoms with van der Waals surface area (Å²) >= 11 is 5.88. The maximum Gasteiger partial charge on any atom is 0.253 e. The number of carbonyl (C=O) groups excluding carboxylic acids is 1. The summed E-state index contributed by atoms with van der Waals surface area (Å²) in [5, 5.41) is 0.487. The summed E-state index contributed by atoms with van der Waals surface area (Å²) in [5.74, 6) is 0.0370. The van der Waals surface area contributed by atoms with Crippen molar-refractivity contribution in [2.24, 2.45) is 0 Å². The fourth-order valence-electron chi connectivity index (χ4n) is 2.42. The lowest BCUT2D eigenvalue weighted by Gasteiger charge is -2.36. The Hall–Kier alpha value is -1.26. The highest BCUT2D eigenvalue weighted by molar-refractivity contribution is 6.33. The van der Waals surface area contributed by atoms with E-state index in [9.17, 15) is 4.79 Å². The fourth-order valence-corrected chi connectivity index (χ4v) is 2.54. The lowest BCUT2D eigenvalue weighted by molar-refractivity contribution is 0.0635. The molecule has 0 spiro atoms.